The Morgan fingerprint density at radius 1 is 1.26 bits per heavy atom. The number of benzene rings is 2. The van der Waals surface area contributed by atoms with Crippen molar-refractivity contribution >= 4 is 27.5 Å². The van der Waals surface area contributed by atoms with Gasteiger partial charge in [0.1, 0.15) is 11.6 Å². The molecule has 2 aromatic rings. The van der Waals surface area contributed by atoms with Crippen molar-refractivity contribution in [1.82, 2.24) is 0 Å². The topological polar surface area (TPSA) is 38.3 Å². The van der Waals surface area contributed by atoms with E-state index in [4.69, 9.17) is 4.74 Å². The van der Waals surface area contributed by atoms with Gasteiger partial charge in [-0.15, -0.1) is 0 Å². The number of amides is 1. The standard InChI is InChI=1S/C14H11BrFNO2/c1-19-11-4-2-3-10(8-11)17-14(18)12-7-9(16)5-6-13(12)15/h2-8H,1H3,(H,17,18). The minimum absolute atomic E-state index is 0.239. The minimum Gasteiger partial charge on any atom is -0.497 e. The molecule has 0 aromatic heterocycles. The molecule has 0 radical (unpaired) electrons. The summed E-state index contributed by atoms with van der Waals surface area (Å²) in [6.07, 6.45) is 0. The fraction of sp³-hybridized carbons (Fsp3) is 0.0714. The van der Waals surface area contributed by atoms with Gasteiger partial charge in [0.15, 0.2) is 0 Å². The van der Waals surface area contributed by atoms with Gasteiger partial charge in [0.05, 0.1) is 12.7 Å². The number of rotatable bonds is 3. The number of carbonyl (C=O) groups is 1. The second kappa shape index (κ2) is 5.84. The quantitative estimate of drug-likeness (QED) is 0.931. The Balaban J connectivity index is 2.23. The zero-order valence-electron chi connectivity index (χ0n) is 10.1. The fourth-order valence-corrected chi connectivity index (χ4v) is 2.00. The van der Waals surface area contributed by atoms with Gasteiger partial charge < -0.3 is 10.1 Å². The number of hydrogen-bond acceptors (Lipinski definition) is 2. The molecular weight excluding hydrogens is 313 g/mol. The van der Waals surface area contributed by atoms with Crippen molar-refractivity contribution in [3.63, 3.8) is 0 Å². The summed E-state index contributed by atoms with van der Waals surface area (Å²) < 4.78 is 18.7. The molecule has 3 nitrogen and oxygen atoms in total. The van der Waals surface area contributed by atoms with E-state index in [2.05, 4.69) is 21.2 Å². The molecule has 0 heterocycles. The van der Waals surface area contributed by atoms with Crippen LogP contribution < -0.4 is 10.1 Å². The van der Waals surface area contributed by atoms with Gasteiger partial charge in [-0.25, -0.2) is 4.39 Å². The third-order valence-corrected chi connectivity index (χ3v) is 3.19. The molecule has 0 aliphatic carbocycles. The van der Waals surface area contributed by atoms with Gasteiger partial charge in [-0.05, 0) is 46.3 Å². The Morgan fingerprint density at radius 3 is 2.79 bits per heavy atom. The monoisotopic (exact) mass is 323 g/mol. The average Bonchev–Trinajstić information content (AvgIpc) is 2.41. The van der Waals surface area contributed by atoms with Crippen LogP contribution in [0.15, 0.2) is 46.9 Å². The smallest absolute Gasteiger partial charge is 0.256 e. The Labute approximate surface area is 118 Å². The van der Waals surface area contributed by atoms with Crippen molar-refractivity contribution in [2.75, 3.05) is 12.4 Å². The molecular formula is C14H11BrFNO2. The van der Waals surface area contributed by atoms with Gasteiger partial charge in [-0.2, -0.15) is 0 Å². The average molecular weight is 324 g/mol. The van der Waals surface area contributed by atoms with E-state index in [1.807, 2.05) is 0 Å². The van der Waals surface area contributed by atoms with Crippen molar-refractivity contribution in [1.29, 1.82) is 0 Å². The van der Waals surface area contributed by atoms with Crippen LogP contribution in [-0.4, -0.2) is 13.0 Å². The Bertz CT molecular complexity index is 616. The molecule has 19 heavy (non-hydrogen) atoms. The summed E-state index contributed by atoms with van der Waals surface area (Å²) in [6.45, 7) is 0. The van der Waals surface area contributed by atoms with Crippen molar-refractivity contribution in [3.8, 4) is 5.75 Å². The van der Waals surface area contributed by atoms with Gasteiger partial charge in [0, 0.05) is 16.2 Å². The molecule has 2 aromatic carbocycles. The van der Waals surface area contributed by atoms with E-state index in [0.29, 0.717) is 15.9 Å². The lowest BCUT2D eigenvalue weighted by Crippen LogP contribution is -2.12. The van der Waals surface area contributed by atoms with Crippen LogP contribution in [0.25, 0.3) is 0 Å². The third kappa shape index (κ3) is 3.32. The van der Waals surface area contributed by atoms with Crippen LogP contribution >= 0.6 is 15.9 Å². The maximum absolute atomic E-state index is 13.1. The van der Waals surface area contributed by atoms with Crippen molar-refractivity contribution in [3.05, 3.63) is 58.3 Å². The van der Waals surface area contributed by atoms with Gasteiger partial charge in [-0.3, -0.25) is 4.79 Å². The fourth-order valence-electron chi connectivity index (χ4n) is 1.57. The van der Waals surface area contributed by atoms with Crippen LogP contribution in [-0.2, 0) is 0 Å². The molecule has 0 atom stereocenters. The van der Waals surface area contributed by atoms with Crippen molar-refractivity contribution in [2.45, 2.75) is 0 Å². The molecule has 0 saturated carbocycles. The van der Waals surface area contributed by atoms with Gasteiger partial charge in [0.2, 0.25) is 0 Å². The minimum atomic E-state index is -0.459. The molecule has 0 fully saturated rings. The van der Waals surface area contributed by atoms with Crippen molar-refractivity contribution < 1.29 is 13.9 Å². The van der Waals surface area contributed by atoms with E-state index in [9.17, 15) is 9.18 Å². The maximum Gasteiger partial charge on any atom is 0.256 e. The van der Waals surface area contributed by atoms with E-state index in [1.165, 1.54) is 18.2 Å². The summed E-state index contributed by atoms with van der Waals surface area (Å²) in [5, 5.41) is 2.69. The molecule has 0 aliphatic heterocycles. The highest BCUT2D eigenvalue weighted by Crippen LogP contribution is 2.21. The molecule has 0 saturated heterocycles. The Hall–Kier alpha value is -1.88. The SMILES string of the molecule is COc1cccc(NC(=O)c2cc(F)ccc2Br)c1. The number of halogens is 2. The number of carbonyl (C=O) groups excluding carboxylic acids is 1. The van der Waals surface area contributed by atoms with E-state index in [-0.39, 0.29) is 11.5 Å². The summed E-state index contributed by atoms with van der Waals surface area (Å²) in [5.74, 6) is -0.213. The molecule has 5 heteroatoms. The van der Waals surface area contributed by atoms with E-state index < -0.39 is 5.82 Å². The summed E-state index contributed by atoms with van der Waals surface area (Å²) >= 11 is 3.22. The number of methoxy groups -OCH3 is 1. The van der Waals surface area contributed by atoms with Crippen molar-refractivity contribution in [2.24, 2.45) is 0 Å². The Kier molecular flexibility index (Phi) is 4.16. The van der Waals surface area contributed by atoms with Crippen LogP contribution in [0, 0.1) is 5.82 Å². The van der Waals surface area contributed by atoms with Crippen LogP contribution in [0.1, 0.15) is 10.4 Å². The predicted octanol–water partition coefficient (Wildman–Crippen LogP) is 3.85. The first kappa shape index (κ1) is 13.5. The van der Waals surface area contributed by atoms with Crippen LogP contribution in [0.3, 0.4) is 0 Å². The van der Waals surface area contributed by atoms with Crippen LogP contribution in [0.4, 0.5) is 10.1 Å². The zero-order valence-corrected chi connectivity index (χ0v) is 11.7. The lowest BCUT2D eigenvalue weighted by atomic mass is 10.2. The largest absolute Gasteiger partial charge is 0.497 e. The van der Waals surface area contributed by atoms with Gasteiger partial charge in [-0.1, -0.05) is 6.07 Å². The second-order valence-electron chi connectivity index (χ2n) is 3.81. The van der Waals surface area contributed by atoms with Crippen LogP contribution in [0.5, 0.6) is 5.75 Å². The van der Waals surface area contributed by atoms with E-state index >= 15 is 0 Å². The third-order valence-electron chi connectivity index (χ3n) is 2.50. The van der Waals surface area contributed by atoms with Crippen LogP contribution in [0.2, 0.25) is 0 Å². The highest BCUT2D eigenvalue weighted by atomic mass is 79.9. The molecule has 1 N–H and O–H groups in total. The Morgan fingerprint density at radius 2 is 2.05 bits per heavy atom. The number of ether oxygens (including phenoxy) is 1. The first-order chi connectivity index (χ1) is 9.10. The first-order valence-corrected chi connectivity index (χ1v) is 6.30. The number of nitrogens with one attached hydrogen (secondary N) is 1. The zero-order chi connectivity index (χ0) is 13.8. The maximum atomic E-state index is 13.1. The second-order valence-corrected chi connectivity index (χ2v) is 4.66. The lowest BCUT2D eigenvalue weighted by molar-refractivity contribution is 0.102. The summed E-state index contributed by atoms with van der Waals surface area (Å²) in [5.41, 5.74) is 0.823. The molecule has 2 rings (SSSR count). The molecule has 1 amide bonds. The summed E-state index contributed by atoms with van der Waals surface area (Å²) in [6, 6.07) is 10.9. The van der Waals surface area contributed by atoms with Gasteiger partial charge in [0.25, 0.3) is 5.91 Å². The predicted molar refractivity (Wildman–Crippen MR) is 75.0 cm³/mol. The molecule has 0 aliphatic rings. The van der Waals surface area contributed by atoms with Gasteiger partial charge >= 0.3 is 0 Å². The summed E-state index contributed by atoms with van der Waals surface area (Å²) in [7, 11) is 1.55. The molecule has 0 spiro atoms. The first-order valence-electron chi connectivity index (χ1n) is 5.50. The highest BCUT2D eigenvalue weighted by Gasteiger charge is 2.11. The molecule has 0 unspecified atom stereocenters. The molecule has 98 valence electrons. The van der Waals surface area contributed by atoms with E-state index in [0.717, 1.165) is 0 Å². The number of anilines is 1. The number of hydrogen-bond donors (Lipinski definition) is 1. The normalized spacial score (nSPS) is 10.1. The summed E-state index contributed by atoms with van der Waals surface area (Å²) in [4.78, 5) is 12.0. The highest BCUT2D eigenvalue weighted by molar-refractivity contribution is 9.10. The lowest BCUT2D eigenvalue weighted by Gasteiger charge is -2.08. The molecule has 0 bridgehead atoms. The van der Waals surface area contributed by atoms with E-state index in [1.54, 1.807) is 31.4 Å².